The highest BCUT2D eigenvalue weighted by atomic mass is 17.2. The normalized spacial score (nSPS) is 10.6. The molecule has 0 unspecified atom stereocenters. The lowest BCUT2D eigenvalue weighted by atomic mass is 10.5. The summed E-state index contributed by atoms with van der Waals surface area (Å²) in [6.07, 6.45) is 1.33. The van der Waals surface area contributed by atoms with Crippen LogP contribution in [0.3, 0.4) is 0 Å². The van der Waals surface area contributed by atoms with Gasteiger partial charge in [-0.05, 0) is 0 Å². The second kappa shape index (κ2) is 5.55. The first-order valence-corrected chi connectivity index (χ1v) is 2.92. The maximum absolute atomic E-state index is 10.8. The number of carbonyl (C=O) groups is 1. The Labute approximate surface area is 64.9 Å². The van der Waals surface area contributed by atoms with Gasteiger partial charge in [0.15, 0.2) is 0 Å². The minimum atomic E-state index is -0.596. The largest absolute Gasteiger partial charge is 0.463 e. The van der Waals surface area contributed by atoms with E-state index in [0.29, 0.717) is 0 Å². The third kappa shape index (κ3) is 3.47. The molecule has 0 bridgehead atoms. The fourth-order valence-electron chi connectivity index (χ4n) is 0.438. The van der Waals surface area contributed by atoms with Gasteiger partial charge in [0.25, 0.3) is 5.76 Å². The quantitative estimate of drug-likeness (QED) is 0.203. The fraction of sp³-hybridized carbons (Fsp3) is 0.500. The van der Waals surface area contributed by atoms with Crippen LogP contribution in [0.15, 0.2) is 12.0 Å². The number of hydrogen-bond acceptors (Lipinski definition) is 5. The van der Waals surface area contributed by atoms with Crippen molar-refractivity contribution in [3.63, 3.8) is 0 Å². The van der Waals surface area contributed by atoms with Crippen LogP contribution in [0.5, 0.6) is 0 Å². The molecule has 11 heavy (non-hydrogen) atoms. The second-order valence-electron chi connectivity index (χ2n) is 1.54. The molecule has 0 spiro atoms. The van der Waals surface area contributed by atoms with Gasteiger partial charge in [0, 0.05) is 7.05 Å². The van der Waals surface area contributed by atoms with Gasteiger partial charge in [-0.15, -0.1) is 0 Å². The molecule has 0 aromatic rings. The van der Waals surface area contributed by atoms with Crippen LogP contribution in [0.25, 0.3) is 0 Å². The van der Waals surface area contributed by atoms with Crippen molar-refractivity contribution in [3.8, 4) is 0 Å². The van der Waals surface area contributed by atoms with E-state index in [9.17, 15) is 4.79 Å². The third-order valence-corrected chi connectivity index (χ3v) is 0.835. The van der Waals surface area contributed by atoms with E-state index in [-0.39, 0.29) is 5.76 Å². The van der Waals surface area contributed by atoms with Gasteiger partial charge >= 0.3 is 5.97 Å². The van der Waals surface area contributed by atoms with E-state index in [4.69, 9.17) is 0 Å². The average Bonchev–Trinajstić information content (AvgIpc) is 2.03. The molecule has 0 saturated heterocycles. The van der Waals surface area contributed by atoms with Crippen LogP contribution >= 0.6 is 0 Å². The molecule has 0 aromatic carbocycles. The second-order valence-corrected chi connectivity index (χ2v) is 1.54. The Bertz CT molecular complexity index is 155. The third-order valence-electron chi connectivity index (χ3n) is 0.835. The molecule has 0 rings (SSSR count). The zero-order chi connectivity index (χ0) is 8.69. The Morgan fingerprint density at radius 2 is 2.09 bits per heavy atom. The topological polar surface area (TPSA) is 56.8 Å². The Hall–Kier alpha value is -1.23. The molecule has 64 valence electrons. The van der Waals surface area contributed by atoms with Crippen LogP contribution in [0.2, 0.25) is 0 Å². The minimum Gasteiger partial charge on any atom is -0.463 e. The summed E-state index contributed by atoms with van der Waals surface area (Å²) in [6.45, 7) is 0. The van der Waals surface area contributed by atoms with E-state index < -0.39 is 5.97 Å². The maximum Gasteiger partial charge on any atom is 0.379 e. The number of hydrogen-bond donors (Lipinski definition) is 1. The number of nitrogens with one attached hydrogen (secondary N) is 1. The summed E-state index contributed by atoms with van der Waals surface area (Å²) in [4.78, 5) is 19.5. The summed E-state index contributed by atoms with van der Waals surface area (Å²) in [6, 6.07) is 0. The minimum absolute atomic E-state index is 0.0301. The SMILES string of the molecule is CN/C=C(/OOC)C(=O)OC. The molecule has 1 N–H and O–H groups in total. The Morgan fingerprint density at radius 3 is 2.45 bits per heavy atom. The first kappa shape index (κ1) is 9.77. The summed E-state index contributed by atoms with van der Waals surface area (Å²) in [5, 5.41) is 2.60. The monoisotopic (exact) mass is 161 g/mol. The van der Waals surface area contributed by atoms with Crippen molar-refractivity contribution in [1.29, 1.82) is 0 Å². The van der Waals surface area contributed by atoms with Crippen molar-refractivity contribution in [2.75, 3.05) is 21.3 Å². The molecule has 0 fully saturated rings. The fourth-order valence-corrected chi connectivity index (χ4v) is 0.438. The first-order valence-electron chi connectivity index (χ1n) is 2.92. The lowest BCUT2D eigenvalue weighted by Gasteiger charge is -2.02. The van der Waals surface area contributed by atoms with E-state index in [1.807, 2.05) is 0 Å². The smallest absolute Gasteiger partial charge is 0.379 e. The molecule has 0 saturated carbocycles. The van der Waals surface area contributed by atoms with Gasteiger partial charge in [-0.25, -0.2) is 4.79 Å². The van der Waals surface area contributed by atoms with Gasteiger partial charge in [0.05, 0.1) is 20.4 Å². The predicted molar refractivity (Wildman–Crippen MR) is 37.3 cm³/mol. The van der Waals surface area contributed by atoms with Crippen LogP contribution in [0, 0.1) is 0 Å². The van der Waals surface area contributed by atoms with E-state index in [2.05, 4.69) is 19.8 Å². The molecule has 0 radical (unpaired) electrons. The predicted octanol–water partition coefficient (Wildman–Crippen LogP) is -0.202. The summed E-state index contributed by atoms with van der Waals surface area (Å²) >= 11 is 0. The van der Waals surface area contributed by atoms with E-state index in [1.54, 1.807) is 7.05 Å². The molecule has 0 heterocycles. The van der Waals surface area contributed by atoms with Gasteiger partial charge in [0.1, 0.15) is 0 Å². The summed E-state index contributed by atoms with van der Waals surface area (Å²) < 4.78 is 4.37. The lowest BCUT2D eigenvalue weighted by molar-refractivity contribution is -0.241. The zero-order valence-corrected chi connectivity index (χ0v) is 6.71. The van der Waals surface area contributed by atoms with Crippen molar-refractivity contribution < 1.29 is 19.3 Å². The molecule has 0 amide bonds. The van der Waals surface area contributed by atoms with Gasteiger partial charge in [0.2, 0.25) is 0 Å². The van der Waals surface area contributed by atoms with Gasteiger partial charge < -0.3 is 14.9 Å². The van der Waals surface area contributed by atoms with E-state index in [0.717, 1.165) is 0 Å². The number of ether oxygens (including phenoxy) is 1. The molecule has 5 nitrogen and oxygen atoms in total. The van der Waals surface area contributed by atoms with Crippen molar-refractivity contribution in [3.05, 3.63) is 12.0 Å². The van der Waals surface area contributed by atoms with Crippen LogP contribution in [-0.2, 0) is 19.3 Å². The summed E-state index contributed by atoms with van der Waals surface area (Å²) in [5.74, 6) is -0.626. The highest BCUT2D eigenvalue weighted by Gasteiger charge is 2.10. The standard InChI is InChI=1S/C6H11NO4/c1-7-4-5(11-10-3)6(8)9-2/h4,7H,1-3H3/b5-4+. The van der Waals surface area contributed by atoms with Gasteiger partial charge in [-0.2, -0.15) is 4.89 Å². The summed E-state index contributed by atoms with van der Waals surface area (Å²) in [5.41, 5.74) is 0. The van der Waals surface area contributed by atoms with Crippen molar-refractivity contribution in [1.82, 2.24) is 5.32 Å². The molecule has 5 heteroatoms. The molecule has 0 aliphatic carbocycles. The van der Waals surface area contributed by atoms with Crippen molar-refractivity contribution in [2.45, 2.75) is 0 Å². The molecule has 0 aliphatic rings. The van der Waals surface area contributed by atoms with Crippen molar-refractivity contribution in [2.24, 2.45) is 0 Å². The van der Waals surface area contributed by atoms with E-state index in [1.165, 1.54) is 20.4 Å². The molecule has 0 atom stereocenters. The maximum atomic E-state index is 10.8. The number of carbonyl (C=O) groups excluding carboxylic acids is 1. The number of esters is 1. The highest BCUT2D eigenvalue weighted by Crippen LogP contribution is 1.97. The number of rotatable bonds is 4. The van der Waals surface area contributed by atoms with Crippen molar-refractivity contribution >= 4 is 5.97 Å². The Morgan fingerprint density at radius 1 is 1.45 bits per heavy atom. The zero-order valence-electron chi connectivity index (χ0n) is 6.71. The summed E-state index contributed by atoms with van der Waals surface area (Å²) in [7, 11) is 4.18. The highest BCUT2D eigenvalue weighted by molar-refractivity contribution is 5.85. The first-order chi connectivity index (χ1) is 5.26. The molecular formula is C6H11NO4. The molecular weight excluding hydrogens is 150 g/mol. The Balaban J connectivity index is 4.09. The van der Waals surface area contributed by atoms with E-state index >= 15 is 0 Å². The van der Waals surface area contributed by atoms with Crippen LogP contribution in [0.1, 0.15) is 0 Å². The molecule has 0 aliphatic heterocycles. The number of methoxy groups -OCH3 is 1. The van der Waals surface area contributed by atoms with Crippen LogP contribution in [-0.4, -0.2) is 27.2 Å². The Kier molecular flexibility index (Phi) is 4.93. The molecule has 0 aromatic heterocycles. The lowest BCUT2D eigenvalue weighted by Crippen LogP contribution is -2.11. The van der Waals surface area contributed by atoms with Gasteiger partial charge in [-0.1, -0.05) is 0 Å². The van der Waals surface area contributed by atoms with Gasteiger partial charge in [-0.3, -0.25) is 0 Å². The van der Waals surface area contributed by atoms with Crippen LogP contribution in [0.4, 0.5) is 0 Å². The van der Waals surface area contributed by atoms with Crippen LogP contribution < -0.4 is 5.32 Å². The average molecular weight is 161 g/mol.